The van der Waals surface area contributed by atoms with Crippen LogP contribution in [0.25, 0.3) is 0 Å². The highest BCUT2D eigenvalue weighted by Crippen LogP contribution is 2.26. The van der Waals surface area contributed by atoms with Crippen molar-refractivity contribution >= 4 is 5.91 Å². The molecule has 0 aromatic carbocycles. The van der Waals surface area contributed by atoms with Crippen LogP contribution in [0, 0.1) is 0 Å². The fourth-order valence-corrected chi connectivity index (χ4v) is 4.04. The van der Waals surface area contributed by atoms with Crippen molar-refractivity contribution in [2.75, 3.05) is 6.54 Å². The van der Waals surface area contributed by atoms with Gasteiger partial charge in [-0.05, 0) is 18.9 Å². The first-order valence-electron chi connectivity index (χ1n) is 9.67. The quantitative estimate of drug-likeness (QED) is 0.843. The van der Waals surface area contributed by atoms with Crippen LogP contribution in [0.5, 0.6) is 0 Å². The summed E-state index contributed by atoms with van der Waals surface area (Å²) in [6.45, 7) is 4.11. The Morgan fingerprint density at radius 2 is 1.96 bits per heavy atom. The number of nitrogens with one attached hydrogen (secondary N) is 1. The number of hydrogen-bond acceptors (Lipinski definition) is 5. The fraction of sp³-hybridized carbons (Fsp3) is 0.667. The minimum atomic E-state index is 0.0218. The molecule has 0 radical (unpaired) electrons. The lowest BCUT2D eigenvalue weighted by atomic mass is 9.94. The lowest BCUT2D eigenvalue weighted by molar-refractivity contribution is -0.121. The Morgan fingerprint density at radius 1 is 1.15 bits per heavy atom. The second-order valence-corrected chi connectivity index (χ2v) is 7.34. The third kappa shape index (κ3) is 4.12. The van der Waals surface area contributed by atoms with E-state index in [1.54, 1.807) is 17.2 Å². The lowest BCUT2D eigenvalue weighted by Gasteiger charge is -2.36. The molecule has 0 atom stereocenters. The van der Waals surface area contributed by atoms with Crippen LogP contribution in [0.1, 0.15) is 49.9 Å². The first-order chi connectivity index (χ1) is 12.8. The third-order valence-electron chi connectivity index (χ3n) is 5.50. The fourth-order valence-electron chi connectivity index (χ4n) is 4.04. The molecule has 0 bridgehead atoms. The van der Waals surface area contributed by atoms with Crippen molar-refractivity contribution in [3.63, 3.8) is 0 Å². The van der Waals surface area contributed by atoms with Crippen LogP contribution in [0.2, 0.25) is 0 Å². The molecule has 2 aromatic heterocycles. The molecule has 8 heteroatoms. The molecular weight excluding hydrogens is 330 g/mol. The summed E-state index contributed by atoms with van der Waals surface area (Å²) in [5.74, 6) is 0.0218. The molecule has 4 rings (SSSR count). The van der Waals surface area contributed by atoms with Crippen molar-refractivity contribution in [1.29, 1.82) is 0 Å². The molecule has 3 heterocycles. The number of amides is 1. The van der Waals surface area contributed by atoms with Gasteiger partial charge in [-0.25, -0.2) is 0 Å². The molecule has 2 aromatic rings. The summed E-state index contributed by atoms with van der Waals surface area (Å²) in [6, 6.07) is 2.89. The zero-order chi connectivity index (χ0) is 17.8. The molecule has 2 aliphatic rings. The summed E-state index contributed by atoms with van der Waals surface area (Å²) in [4.78, 5) is 14.6. The topological polar surface area (TPSA) is 80.9 Å². The number of carbonyl (C=O) groups excluding carboxylic acids is 1. The molecule has 8 nitrogen and oxygen atoms in total. The summed E-state index contributed by atoms with van der Waals surface area (Å²) in [7, 11) is 0. The summed E-state index contributed by atoms with van der Waals surface area (Å²) in [5.41, 5.74) is 2.22. The largest absolute Gasteiger partial charge is 0.350 e. The van der Waals surface area contributed by atoms with Crippen molar-refractivity contribution < 1.29 is 4.79 Å². The van der Waals surface area contributed by atoms with Gasteiger partial charge in [-0.15, -0.1) is 10.2 Å². The van der Waals surface area contributed by atoms with E-state index < -0.39 is 0 Å². The Bertz CT molecular complexity index is 718. The van der Waals surface area contributed by atoms with Crippen molar-refractivity contribution in [1.82, 2.24) is 34.8 Å². The SMILES string of the molecule is O=C(CCn1cnnc1)NCc1cc2n(n1)CCN(C1CCCCC1)C2. The predicted octanol–water partition coefficient (Wildman–Crippen LogP) is 1.33. The zero-order valence-electron chi connectivity index (χ0n) is 15.2. The maximum Gasteiger partial charge on any atom is 0.222 e. The van der Waals surface area contributed by atoms with Crippen LogP contribution in [0.3, 0.4) is 0 Å². The van der Waals surface area contributed by atoms with Gasteiger partial charge in [-0.1, -0.05) is 19.3 Å². The molecule has 1 fully saturated rings. The van der Waals surface area contributed by atoms with Gasteiger partial charge in [0.25, 0.3) is 0 Å². The van der Waals surface area contributed by atoms with Gasteiger partial charge in [-0.2, -0.15) is 5.10 Å². The Labute approximate surface area is 153 Å². The Balaban J connectivity index is 1.27. The van der Waals surface area contributed by atoms with Crippen molar-refractivity contribution in [2.45, 2.75) is 70.7 Å². The van der Waals surface area contributed by atoms with Gasteiger partial charge in [0, 0.05) is 32.1 Å². The van der Waals surface area contributed by atoms with Gasteiger partial charge in [0.1, 0.15) is 12.7 Å². The molecule has 1 amide bonds. The standard InChI is InChI=1S/C18H27N7O/c26-18(6-7-23-13-20-21-14-23)19-11-15-10-17-12-24(8-9-25(17)22-15)16-4-2-1-3-5-16/h10,13-14,16H,1-9,11-12H2,(H,19,26). The number of rotatable bonds is 6. The molecule has 0 saturated heterocycles. The minimum absolute atomic E-state index is 0.0218. The molecule has 0 unspecified atom stereocenters. The van der Waals surface area contributed by atoms with E-state index in [0.29, 0.717) is 19.5 Å². The highest BCUT2D eigenvalue weighted by Gasteiger charge is 2.25. The summed E-state index contributed by atoms with van der Waals surface area (Å²) in [5, 5.41) is 15.1. The number of hydrogen-bond donors (Lipinski definition) is 1. The number of aromatic nitrogens is 5. The number of fused-ring (bicyclic) bond motifs is 1. The van der Waals surface area contributed by atoms with Crippen LogP contribution in [0.4, 0.5) is 0 Å². The second kappa shape index (κ2) is 7.99. The van der Waals surface area contributed by atoms with Crippen LogP contribution >= 0.6 is 0 Å². The second-order valence-electron chi connectivity index (χ2n) is 7.34. The van der Waals surface area contributed by atoms with Gasteiger partial charge in [-0.3, -0.25) is 14.4 Å². The average Bonchev–Trinajstić information content (AvgIpc) is 3.34. The van der Waals surface area contributed by atoms with Gasteiger partial charge in [0.2, 0.25) is 5.91 Å². The first kappa shape index (κ1) is 17.2. The van der Waals surface area contributed by atoms with E-state index in [4.69, 9.17) is 0 Å². The van der Waals surface area contributed by atoms with E-state index >= 15 is 0 Å². The van der Waals surface area contributed by atoms with Gasteiger partial charge < -0.3 is 9.88 Å². The molecular formula is C18H27N7O. The molecule has 26 heavy (non-hydrogen) atoms. The van der Waals surface area contributed by atoms with E-state index in [-0.39, 0.29) is 5.91 Å². The summed E-state index contributed by atoms with van der Waals surface area (Å²) in [6.07, 6.45) is 10.5. The van der Waals surface area contributed by atoms with Crippen LogP contribution in [0.15, 0.2) is 18.7 Å². The minimum Gasteiger partial charge on any atom is -0.350 e. The predicted molar refractivity (Wildman–Crippen MR) is 96.0 cm³/mol. The maximum absolute atomic E-state index is 12.0. The van der Waals surface area contributed by atoms with E-state index in [1.165, 1.54) is 37.8 Å². The molecule has 1 N–H and O–H groups in total. The molecule has 140 valence electrons. The van der Waals surface area contributed by atoms with Crippen molar-refractivity contribution in [3.05, 3.63) is 30.1 Å². The highest BCUT2D eigenvalue weighted by atomic mass is 16.1. The van der Waals surface area contributed by atoms with E-state index in [0.717, 1.165) is 31.4 Å². The Morgan fingerprint density at radius 3 is 2.77 bits per heavy atom. The molecule has 1 aliphatic carbocycles. The normalized spacial score (nSPS) is 18.6. The number of nitrogens with zero attached hydrogens (tertiary/aromatic N) is 6. The van der Waals surface area contributed by atoms with E-state index in [9.17, 15) is 4.79 Å². The average molecular weight is 357 g/mol. The van der Waals surface area contributed by atoms with Crippen LogP contribution in [-0.2, 0) is 31.0 Å². The third-order valence-corrected chi connectivity index (χ3v) is 5.50. The maximum atomic E-state index is 12.0. The molecule has 1 saturated carbocycles. The van der Waals surface area contributed by atoms with E-state index in [2.05, 4.69) is 36.3 Å². The molecule has 1 aliphatic heterocycles. The summed E-state index contributed by atoms with van der Waals surface area (Å²) < 4.78 is 3.91. The monoisotopic (exact) mass is 357 g/mol. The molecule has 0 spiro atoms. The van der Waals surface area contributed by atoms with Gasteiger partial charge in [0.05, 0.1) is 24.5 Å². The van der Waals surface area contributed by atoms with Crippen molar-refractivity contribution in [3.8, 4) is 0 Å². The number of carbonyl (C=O) groups is 1. The Kier molecular flexibility index (Phi) is 5.29. The Hall–Kier alpha value is -2.22. The van der Waals surface area contributed by atoms with E-state index in [1.807, 2.05) is 0 Å². The summed E-state index contributed by atoms with van der Waals surface area (Å²) >= 11 is 0. The first-order valence-corrected chi connectivity index (χ1v) is 9.67. The van der Waals surface area contributed by atoms with Crippen LogP contribution < -0.4 is 5.32 Å². The zero-order valence-corrected chi connectivity index (χ0v) is 15.2. The van der Waals surface area contributed by atoms with Gasteiger partial charge >= 0.3 is 0 Å². The smallest absolute Gasteiger partial charge is 0.222 e. The lowest BCUT2D eigenvalue weighted by Crippen LogP contribution is -2.42. The number of aryl methyl sites for hydroxylation is 1. The van der Waals surface area contributed by atoms with Crippen molar-refractivity contribution in [2.24, 2.45) is 0 Å². The highest BCUT2D eigenvalue weighted by molar-refractivity contribution is 5.75. The van der Waals surface area contributed by atoms with Gasteiger partial charge in [0.15, 0.2) is 0 Å². The van der Waals surface area contributed by atoms with Crippen LogP contribution in [-0.4, -0.2) is 47.9 Å².